The number of hydrogen-bond acceptors (Lipinski definition) is 5. The van der Waals surface area contributed by atoms with E-state index in [4.69, 9.17) is 11.6 Å². The van der Waals surface area contributed by atoms with E-state index in [-0.39, 0.29) is 11.6 Å². The van der Waals surface area contributed by atoms with Gasteiger partial charge in [0.05, 0.1) is 11.1 Å². The van der Waals surface area contributed by atoms with Crippen LogP contribution in [0.15, 0.2) is 53.6 Å². The average molecular weight is 347 g/mol. The maximum atomic E-state index is 11.9. The van der Waals surface area contributed by atoms with Crippen LogP contribution in [0.2, 0.25) is 5.02 Å². The van der Waals surface area contributed by atoms with Crippen molar-refractivity contribution in [2.45, 2.75) is 13.0 Å². The fourth-order valence-electron chi connectivity index (χ4n) is 1.81. The second kappa shape index (κ2) is 8.07. The minimum Gasteiger partial charge on any atom is -0.374 e. The maximum Gasteiger partial charge on any atom is 0.269 e. The molecule has 0 saturated carbocycles. The van der Waals surface area contributed by atoms with Crippen molar-refractivity contribution in [3.05, 3.63) is 69.2 Å². The number of amides is 1. The van der Waals surface area contributed by atoms with E-state index in [2.05, 4.69) is 15.8 Å². The van der Waals surface area contributed by atoms with E-state index in [1.54, 1.807) is 43.3 Å². The highest BCUT2D eigenvalue weighted by atomic mass is 35.5. The number of halogens is 1. The molecule has 0 saturated heterocycles. The van der Waals surface area contributed by atoms with E-state index in [1.807, 2.05) is 0 Å². The first-order valence-corrected chi connectivity index (χ1v) is 7.43. The van der Waals surface area contributed by atoms with Crippen LogP contribution in [0.4, 0.5) is 11.4 Å². The molecule has 1 amide bonds. The molecule has 2 aromatic carbocycles. The lowest BCUT2D eigenvalue weighted by molar-refractivity contribution is -0.384. The van der Waals surface area contributed by atoms with Gasteiger partial charge in [0, 0.05) is 22.8 Å². The quantitative estimate of drug-likeness (QED) is 0.477. The zero-order valence-corrected chi connectivity index (χ0v) is 13.5. The molecule has 0 aliphatic carbocycles. The molecule has 2 rings (SSSR count). The highest BCUT2D eigenvalue weighted by Crippen LogP contribution is 2.14. The van der Waals surface area contributed by atoms with Crippen molar-refractivity contribution in [2.24, 2.45) is 5.10 Å². The summed E-state index contributed by atoms with van der Waals surface area (Å²) in [7, 11) is 0. The van der Waals surface area contributed by atoms with E-state index in [0.29, 0.717) is 10.6 Å². The lowest BCUT2D eigenvalue weighted by Gasteiger charge is -2.13. The largest absolute Gasteiger partial charge is 0.374 e. The molecule has 0 aliphatic heterocycles. The molecule has 2 aromatic rings. The zero-order valence-electron chi connectivity index (χ0n) is 12.8. The van der Waals surface area contributed by atoms with Crippen LogP contribution in [0.25, 0.3) is 0 Å². The van der Waals surface area contributed by atoms with Crippen LogP contribution in [-0.4, -0.2) is 23.1 Å². The summed E-state index contributed by atoms with van der Waals surface area (Å²) in [5.74, 6) is -0.317. The van der Waals surface area contributed by atoms with Crippen LogP contribution in [0.5, 0.6) is 0 Å². The smallest absolute Gasteiger partial charge is 0.269 e. The number of hydrazone groups is 1. The summed E-state index contributed by atoms with van der Waals surface area (Å²) in [5.41, 5.74) is 3.81. The van der Waals surface area contributed by atoms with Gasteiger partial charge in [-0.05, 0) is 48.9 Å². The summed E-state index contributed by atoms with van der Waals surface area (Å²) in [4.78, 5) is 22.0. The third kappa shape index (κ3) is 5.06. The minimum atomic E-state index is -0.500. The van der Waals surface area contributed by atoms with Gasteiger partial charge in [0.1, 0.15) is 6.04 Å². The molecule has 8 heteroatoms. The SMILES string of the molecule is CC(Nc1ccc(Cl)cc1)C(=O)N/N=C/c1ccc([N+](=O)[O-])cc1. The average Bonchev–Trinajstić information content (AvgIpc) is 2.57. The fourth-order valence-corrected chi connectivity index (χ4v) is 1.94. The summed E-state index contributed by atoms with van der Waals surface area (Å²) in [5, 5.41) is 18.0. The number of nitro benzene ring substituents is 1. The third-order valence-corrected chi connectivity index (χ3v) is 3.36. The van der Waals surface area contributed by atoms with Crippen LogP contribution in [0, 0.1) is 10.1 Å². The van der Waals surface area contributed by atoms with Crippen LogP contribution in [0.1, 0.15) is 12.5 Å². The Morgan fingerprint density at radius 3 is 2.42 bits per heavy atom. The van der Waals surface area contributed by atoms with Gasteiger partial charge < -0.3 is 5.32 Å². The second-order valence-electron chi connectivity index (χ2n) is 4.96. The molecule has 0 aliphatic rings. The van der Waals surface area contributed by atoms with Gasteiger partial charge in [-0.25, -0.2) is 5.43 Å². The number of nitro groups is 1. The Morgan fingerprint density at radius 2 is 1.83 bits per heavy atom. The molecule has 1 unspecified atom stereocenters. The van der Waals surface area contributed by atoms with Gasteiger partial charge >= 0.3 is 0 Å². The van der Waals surface area contributed by atoms with Crippen LogP contribution >= 0.6 is 11.6 Å². The van der Waals surface area contributed by atoms with Gasteiger partial charge in [-0.1, -0.05) is 11.6 Å². The number of benzene rings is 2. The number of carbonyl (C=O) groups excluding carboxylic acids is 1. The van der Waals surface area contributed by atoms with Crippen molar-refractivity contribution in [1.29, 1.82) is 0 Å². The Bertz CT molecular complexity index is 745. The summed E-state index contributed by atoms with van der Waals surface area (Å²) in [6, 6.07) is 12.3. The standard InChI is InChI=1S/C16H15ClN4O3/c1-11(19-14-6-4-13(17)5-7-14)16(22)20-18-10-12-2-8-15(9-3-12)21(23)24/h2-11,19H,1H3,(H,20,22)/b18-10+. The number of anilines is 1. The molecule has 0 fully saturated rings. The van der Waals surface area contributed by atoms with Gasteiger partial charge in [-0.15, -0.1) is 0 Å². The Kier molecular flexibility index (Phi) is 5.86. The van der Waals surface area contributed by atoms with Crippen molar-refractivity contribution in [3.8, 4) is 0 Å². The van der Waals surface area contributed by atoms with Gasteiger partial charge in [0.15, 0.2) is 0 Å². The molecule has 0 bridgehead atoms. The molecule has 7 nitrogen and oxygen atoms in total. The predicted molar refractivity (Wildman–Crippen MR) is 93.4 cm³/mol. The molecular weight excluding hydrogens is 332 g/mol. The van der Waals surface area contributed by atoms with Crippen molar-refractivity contribution in [2.75, 3.05) is 5.32 Å². The first kappa shape index (κ1) is 17.4. The van der Waals surface area contributed by atoms with E-state index in [1.165, 1.54) is 18.3 Å². The van der Waals surface area contributed by atoms with Gasteiger partial charge in [-0.2, -0.15) is 5.10 Å². The summed E-state index contributed by atoms with van der Waals surface area (Å²) in [6.07, 6.45) is 1.41. The molecule has 1 atom stereocenters. The first-order chi connectivity index (χ1) is 11.5. The molecule has 124 valence electrons. The van der Waals surface area contributed by atoms with Gasteiger partial charge in [0.25, 0.3) is 11.6 Å². The summed E-state index contributed by atoms with van der Waals surface area (Å²) >= 11 is 5.80. The Labute approximate surface area is 143 Å². The lowest BCUT2D eigenvalue weighted by Crippen LogP contribution is -2.34. The normalized spacial score (nSPS) is 11.9. The van der Waals surface area contributed by atoms with Crippen molar-refractivity contribution >= 4 is 35.1 Å². The third-order valence-electron chi connectivity index (χ3n) is 3.11. The molecule has 24 heavy (non-hydrogen) atoms. The predicted octanol–water partition coefficient (Wildman–Crippen LogP) is 3.20. The van der Waals surface area contributed by atoms with E-state index in [9.17, 15) is 14.9 Å². The Morgan fingerprint density at radius 1 is 1.21 bits per heavy atom. The summed E-state index contributed by atoms with van der Waals surface area (Å²) in [6.45, 7) is 1.70. The number of carbonyl (C=O) groups is 1. The monoisotopic (exact) mass is 346 g/mol. The number of rotatable bonds is 6. The lowest BCUT2D eigenvalue weighted by atomic mass is 10.2. The minimum absolute atomic E-state index is 0.00280. The molecule has 0 aromatic heterocycles. The Hall–Kier alpha value is -2.93. The fraction of sp³-hybridized carbons (Fsp3) is 0.125. The van der Waals surface area contributed by atoms with Crippen molar-refractivity contribution in [1.82, 2.24) is 5.43 Å². The van der Waals surface area contributed by atoms with E-state index in [0.717, 1.165) is 5.69 Å². The second-order valence-corrected chi connectivity index (χ2v) is 5.39. The highest BCUT2D eigenvalue weighted by molar-refractivity contribution is 6.30. The Balaban J connectivity index is 1.87. The highest BCUT2D eigenvalue weighted by Gasteiger charge is 2.11. The molecule has 0 radical (unpaired) electrons. The van der Waals surface area contributed by atoms with Crippen molar-refractivity contribution < 1.29 is 9.72 Å². The summed E-state index contributed by atoms with van der Waals surface area (Å²) < 4.78 is 0. The first-order valence-electron chi connectivity index (χ1n) is 7.05. The van der Waals surface area contributed by atoms with Crippen LogP contribution in [0.3, 0.4) is 0 Å². The van der Waals surface area contributed by atoms with Gasteiger partial charge in [-0.3, -0.25) is 14.9 Å². The topological polar surface area (TPSA) is 96.6 Å². The number of non-ortho nitro benzene ring substituents is 1. The maximum absolute atomic E-state index is 11.9. The molecule has 0 heterocycles. The zero-order chi connectivity index (χ0) is 17.5. The van der Waals surface area contributed by atoms with E-state index < -0.39 is 11.0 Å². The van der Waals surface area contributed by atoms with E-state index >= 15 is 0 Å². The number of nitrogens with one attached hydrogen (secondary N) is 2. The molecule has 0 spiro atoms. The van der Waals surface area contributed by atoms with Crippen molar-refractivity contribution in [3.63, 3.8) is 0 Å². The molecular formula is C16H15ClN4O3. The van der Waals surface area contributed by atoms with Crippen LogP contribution in [-0.2, 0) is 4.79 Å². The number of nitrogens with zero attached hydrogens (tertiary/aromatic N) is 2. The van der Waals surface area contributed by atoms with Crippen LogP contribution < -0.4 is 10.7 Å². The number of hydrogen-bond donors (Lipinski definition) is 2. The molecule has 2 N–H and O–H groups in total. The van der Waals surface area contributed by atoms with Gasteiger partial charge in [0.2, 0.25) is 0 Å².